The van der Waals surface area contributed by atoms with E-state index in [-0.39, 0.29) is 11.8 Å². The molecule has 1 heterocycles. The van der Waals surface area contributed by atoms with Gasteiger partial charge in [0.15, 0.2) is 0 Å². The molecule has 2 rings (SSSR count). The lowest BCUT2D eigenvalue weighted by Crippen LogP contribution is -2.63. The van der Waals surface area contributed by atoms with E-state index in [1.807, 2.05) is 13.8 Å². The Labute approximate surface area is 131 Å². The Balaban J connectivity index is 2.50. The zero-order valence-corrected chi connectivity index (χ0v) is 13.7. The number of nitrogens with one attached hydrogen (secondary N) is 1. The lowest BCUT2D eigenvalue weighted by Gasteiger charge is -2.38. The molecule has 1 fully saturated rings. The highest BCUT2D eigenvalue weighted by atomic mass is 79.9. The van der Waals surface area contributed by atoms with Gasteiger partial charge in [0.2, 0.25) is 11.8 Å². The van der Waals surface area contributed by atoms with Crippen LogP contribution in [0.3, 0.4) is 0 Å². The number of rotatable bonds is 3. The van der Waals surface area contributed by atoms with Gasteiger partial charge in [-0.1, -0.05) is 41.4 Å². The Morgan fingerprint density at radius 3 is 2.60 bits per heavy atom. The minimum absolute atomic E-state index is 0.112. The maximum atomic E-state index is 12.6. The zero-order valence-electron chi connectivity index (χ0n) is 11.3. The van der Waals surface area contributed by atoms with Gasteiger partial charge in [-0.05, 0) is 31.0 Å². The molecule has 0 radical (unpaired) electrons. The summed E-state index contributed by atoms with van der Waals surface area (Å²) in [6.07, 6.45) is 1.10. The summed E-state index contributed by atoms with van der Waals surface area (Å²) < 4.78 is 0.818. The summed E-state index contributed by atoms with van der Waals surface area (Å²) in [5, 5.41) is 3.23. The first-order chi connectivity index (χ1) is 9.49. The predicted molar refractivity (Wildman–Crippen MR) is 82.9 cm³/mol. The summed E-state index contributed by atoms with van der Waals surface area (Å²) in [4.78, 5) is 26.3. The molecule has 1 saturated heterocycles. The average Bonchev–Trinajstić information content (AvgIpc) is 2.43. The second kappa shape index (κ2) is 6.14. The SMILES string of the molecule is CCC1NC(=O)C(CC)N(c2cc(Br)ccc2Cl)C1=O. The Bertz CT molecular complexity index is 550. The van der Waals surface area contributed by atoms with Crippen LogP contribution in [0.5, 0.6) is 0 Å². The Hall–Kier alpha value is -1.07. The molecule has 1 aromatic rings. The van der Waals surface area contributed by atoms with Crippen LogP contribution in [0.15, 0.2) is 22.7 Å². The van der Waals surface area contributed by atoms with Crippen LogP contribution in [0, 0.1) is 0 Å². The fourth-order valence-electron chi connectivity index (χ4n) is 2.37. The minimum Gasteiger partial charge on any atom is -0.342 e. The fourth-order valence-corrected chi connectivity index (χ4v) is 2.93. The summed E-state index contributed by atoms with van der Waals surface area (Å²) >= 11 is 9.58. The lowest BCUT2D eigenvalue weighted by molar-refractivity contribution is -0.134. The quantitative estimate of drug-likeness (QED) is 0.901. The van der Waals surface area contributed by atoms with Crippen LogP contribution in [-0.4, -0.2) is 23.9 Å². The standard InChI is InChI=1S/C14H16BrClN2O2/c1-3-10-14(20)18(11(4-2)13(19)17-10)12-7-8(15)5-6-9(12)16/h5-7,10-11H,3-4H2,1-2H3,(H,17,19). The highest BCUT2D eigenvalue weighted by molar-refractivity contribution is 9.10. The van der Waals surface area contributed by atoms with Gasteiger partial charge in [-0.25, -0.2) is 0 Å². The number of nitrogens with zero attached hydrogens (tertiary/aromatic N) is 1. The van der Waals surface area contributed by atoms with Crippen molar-refractivity contribution in [1.29, 1.82) is 0 Å². The predicted octanol–water partition coefficient (Wildman–Crippen LogP) is 3.12. The molecule has 1 aliphatic heterocycles. The summed E-state index contributed by atoms with van der Waals surface area (Å²) in [5.41, 5.74) is 0.575. The van der Waals surface area contributed by atoms with Gasteiger partial charge in [0.25, 0.3) is 0 Å². The first kappa shape index (κ1) is 15.3. The molecule has 2 unspecified atom stereocenters. The Morgan fingerprint density at radius 1 is 1.30 bits per heavy atom. The molecule has 0 spiro atoms. The number of piperazine rings is 1. The highest BCUT2D eigenvalue weighted by Crippen LogP contribution is 2.33. The van der Waals surface area contributed by atoms with E-state index >= 15 is 0 Å². The van der Waals surface area contributed by atoms with Crippen molar-refractivity contribution in [3.8, 4) is 0 Å². The third-order valence-electron chi connectivity index (χ3n) is 3.43. The second-order valence-electron chi connectivity index (χ2n) is 4.70. The monoisotopic (exact) mass is 358 g/mol. The van der Waals surface area contributed by atoms with Crippen LogP contribution in [0.1, 0.15) is 26.7 Å². The molecule has 6 heteroatoms. The maximum absolute atomic E-state index is 12.6. The lowest BCUT2D eigenvalue weighted by atomic mass is 10.0. The van der Waals surface area contributed by atoms with Crippen molar-refractivity contribution in [2.24, 2.45) is 0 Å². The number of carbonyl (C=O) groups excluding carboxylic acids is 2. The highest BCUT2D eigenvalue weighted by Gasteiger charge is 2.40. The van der Waals surface area contributed by atoms with Crippen LogP contribution in [-0.2, 0) is 9.59 Å². The fraction of sp³-hybridized carbons (Fsp3) is 0.429. The van der Waals surface area contributed by atoms with E-state index in [4.69, 9.17) is 11.6 Å². The molecule has 0 bridgehead atoms. The van der Waals surface area contributed by atoms with Crippen LogP contribution in [0.2, 0.25) is 5.02 Å². The van der Waals surface area contributed by atoms with Gasteiger partial charge < -0.3 is 5.32 Å². The smallest absolute Gasteiger partial charge is 0.250 e. The average molecular weight is 360 g/mol. The zero-order chi connectivity index (χ0) is 14.9. The molecule has 20 heavy (non-hydrogen) atoms. The van der Waals surface area contributed by atoms with Gasteiger partial charge in [-0.2, -0.15) is 0 Å². The second-order valence-corrected chi connectivity index (χ2v) is 6.02. The first-order valence-electron chi connectivity index (χ1n) is 6.58. The molecule has 0 aromatic heterocycles. The van der Waals surface area contributed by atoms with Crippen molar-refractivity contribution >= 4 is 45.0 Å². The van der Waals surface area contributed by atoms with Crippen molar-refractivity contribution in [1.82, 2.24) is 5.32 Å². The van der Waals surface area contributed by atoms with E-state index in [1.54, 1.807) is 18.2 Å². The van der Waals surface area contributed by atoms with Crippen molar-refractivity contribution < 1.29 is 9.59 Å². The number of amides is 2. The largest absolute Gasteiger partial charge is 0.342 e. The molecule has 2 amide bonds. The minimum atomic E-state index is -0.517. The van der Waals surface area contributed by atoms with Gasteiger partial charge in [0.1, 0.15) is 12.1 Å². The number of halogens is 2. The third-order valence-corrected chi connectivity index (χ3v) is 4.24. The molecule has 4 nitrogen and oxygen atoms in total. The summed E-state index contributed by atoms with van der Waals surface area (Å²) in [6.45, 7) is 3.75. The van der Waals surface area contributed by atoms with Crippen molar-refractivity contribution in [2.45, 2.75) is 38.8 Å². The van der Waals surface area contributed by atoms with Crippen molar-refractivity contribution in [3.05, 3.63) is 27.7 Å². The van der Waals surface area contributed by atoms with E-state index < -0.39 is 12.1 Å². The van der Waals surface area contributed by atoms with Crippen molar-refractivity contribution in [3.63, 3.8) is 0 Å². The van der Waals surface area contributed by atoms with Gasteiger partial charge in [-0.15, -0.1) is 0 Å². The molecule has 0 saturated carbocycles. The topological polar surface area (TPSA) is 49.4 Å². The van der Waals surface area contributed by atoms with Crippen LogP contribution in [0.25, 0.3) is 0 Å². The molecule has 1 N–H and O–H groups in total. The van der Waals surface area contributed by atoms with E-state index in [0.717, 1.165) is 4.47 Å². The number of hydrogen-bond donors (Lipinski definition) is 1. The third kappa shape index (κ3) is 2.69. The van der Waals surface area contributed by atoms with Gasteiger partial charge in [-0.3, -0.25) is 14.5 Å². The number of benzene rings is 1. The van der Waals surface area contributed by atoms with Crippen molar-refractivity contribution in [2.75, 3.05) is 4.90 Å². The number of anilines is 1. The van der Waals surface area contributed by atoms with Gasteiger partial charge in [0, 0.05) is 4.47 Å². The first-order valence-corrected chi connectivity index (χ1v) is 7.75. The molecule has 108 valence electrons. The summed E-state index contributed by atoms with van der Waals surface area (Å²) in [5.74, 6) is -0.242. The van der Waals surface area contributed by atoms with Gasteiger partial charge in [0.05, 0.1) is 10.7 Å². The van der Waals surface area contributed by atoms with E-state index in [9.17, 15) is 9.59 Å². The molecular formula is C14H16BrClN2O2. The van der Waals surface area contributed by atoms with E-state index in [2.05, 4.69) is 21.2 Å². The molecule has 1 aromatic carbocycles. The summed E-state index contributed by atoms with van der Waals surface area (Å²) in [6, 6.07) is 4.29. The van der Waals surface area contributed by atoms with Crippen LogP contribution >= 0.6 is 27.5 Å². The van der Waals surface area contributed by atoms with E-state index in [0.29, 0.717) is 23.6 Å². The van der Waals surface area contributed by atoms with Gasteiger partial charge >= 0.3 is 0 Å². The van der Waals surface area contributed by atoms with Crippen LogP contribution in [0.4, 0.5) is 5.69 Å². The number of hydrogen-bond acceptors (Lipinski definition) is 2. The number of carbonyl (C=O) groups is 2. The van der Waals surface area contributed by atoms with Crippen LogP contribution < -0.4 is 10.2 Å². The Kier molecular flexibility index (Phi) is 4.70. The maximum Gasteiger partial charge on any atom is 0.250 e. The molecular weight excluding hydrogens is 344 g/mol. The van der Waals surface area contributed by atoms with E-state index in [1.165, 1.54) is 4.90 Å². The normalized spacial score (nSPS) is 22.9. The Morgan fingerprint density at radius 2 is 2.00 bits per heavy atom. The molecule has 1 aliphatic rings. The molecule has 0 aliphatic carbocycles. The molecule has 2 atom stereocenters. The summed E-state index contributed by atoms with van der Waals surface area (Å²) in [7, 11) is 0.